The van der Waals surface area contributed by atoms with Crippen LogP contribution in [0, 0.1) is 13.8 Å². The van der Waals surface area contributed by atoms with Crippen molar-refractivity contribution in [3.8, 4) is 0 Å². The number of aromatic nitrogens is 4. The van der Waals surface area contributed by atoms with Gasteiger partial charge in [0.25, 0.3) is 0 Å². The van der Waals surface area contributed by atoms with Crippen molar-refractivity contribution < 1.29 is 4.52 Å². The molecular formula is C12H12N4O2. The summed E-state index contributed by atoms with van der Waals surface area (Å²) >= 11 is 0. The smallest absolute Gasteiger partial charge is 0.350 e. The summed E-state index contributed by atoms with van der Waals surface area (Å²) in [5.74, 6) is 0.719. The SMILES string of the molecule is Cc1noc(C)c1Cn1nc2ccccn2c1=O. The molecule has 0 aliphatic rings. The Balaban J connectivity index is 2.11. The minimum absolute atomic E-state index is 0.161. The standard InChI is InChI=1S/C12H12N4O2/c1-8-10(9(2)18-14-8)7-16-12(17)15-6-4-3-5-11(15)13-16/h3-6H,7H2,1-2H3. The highest BCUT2D eigenvalue weighted by atomic mass is 16.5. The molecule has 6 heteroatoms. The number of pyridine rings is 1. The van der Waals surface area contributed by atoms with Crippen LogP contribution in [0.25, 0.3) is 5.65 Å². The summed E-state index contributed by atoms with van der Waals surface area (Å²) in [6.07, 6.45) is 1.70. The maximum absolute atomic E-state index is 12.1. The van der Waals surface area contributed by atoms with Crippen molar-refractivity contribution in [1.29, 1.82) is 0 Å². The zero-order valence-electron chi connectivity index (χ0n) is 10.1. The highest BCUT2D eigenvalue weighted by molar-refractivity contribution is 5.35. The maximum atomic E-state index is 12.1. The number of hydrogen-bond acceptors (Lipinski definition) is 4. The van der Waals surface area contributed by atoms with Gasteiger partial charge in [-0.05, 0) is 26.0 Å². The Kier molecular flexibility index (Phi) is 2.29. The van der Waals surface area contributed by atoms with Gasteiger partial charge >= 0.3 is 5.69 Å². The van der Waals surface area contributed by atoms with Gasteiger partial charge < -0.3 is 4.52 Å². The van der Waals surface area contributed by atoms with Crippen LogP contribution in [0.4, 0.5) is 0 Å². The summed E-state index contributed by atoms with van der Waals surface area (Å²) in [5.41, 5.74) is 2.16. The predicted molar refractivity (Wildman–Crippen MR) is 64.5 cm³/mol. The van der Waals surface area contributed by atoms with Gasteiger partial charge in [-0.3, -0.25) is 4.40 Å². The molecule has 0 radical (unpaired) electrons. The molecule has 3 rings (SSSR count). The van der Waals surface area contributed by atoms with Crippen LogP contribution in [0.5, 0.6) is 0 Å². The largest absolute Gasteiger partial charge is 0.361 e. The van der Waals surface area contributed by atoms with Crippen LogP contribution in [0.3, 0.4) is 0 Å². The van der Waals surface area contributed by atoms with Crippen molar-refractivity contribution in [3.05, 3.63) is 51.9 Å². The average Bonchev–Trinajstić information content (AvgIpc) is 2.85. The van der Waals surface area contributed by atoms with E-state index in [1.165, 1.54) is 9.08 Å². The zero-order chi connectivity index (χ0) is 12.7. The van der Waals surface area contributed by atoms with Gasteiger partial charge in [0.2, 0.25) is 0 Å². The van der Waals surface area contributed by atoms with E-state index in [1.54, 1.807) is 18.3 Å². The molecule has 0 aliphatic heterocycles. The van der Waals surface area contributed by atoms with Gasteiger partial charge in [0.05, 0.1) is 12.2 Å². The van der Waals surface area contributed by atoms with E-state index in [2.05, 4.69) is 10.3 Å². The van der Waals surface area contributed by atoms with Gasteiger partial charge in [0.15, 0.2) is 5.65 Å². The van der Waals surface area contributed by atoms with Gasteiger partial charge in [0, 0.05) is 11.8 Å². The first kappa shape index (κ1) is 10.8. The summed E-state index contributed by atoms with van der Waals surface area (Å²) in [7, 11) is 0. The topological polar surface area (TPSA) is 65.3 Å². The van der Waals surface area contributed by atoms with Crippen LogP contribution in [-0.2, 0) is 6.54 Å². The lowest BCUT2D eigenvalue weighted by Gasteiger charge is -1.97. The molecule has 0 spiro atoms. The van der Waals surface area contributed by atoms with Gasteiger partial charge in [0.1, 0.15) is 5.76 Å². The van der Waals surface area contributed by atoms with Crippen LogP contribution in [-0.4, -0.2) is 19.3 Å². The zero-order valence-corrected chi connectivity index (χ0v) is 10.1. The lowest BCUT2D eigenvalue weighted by atomic mass is 10.2. The Hall–Kier alpha value is -2.37. The predicted octanol–water partition coefficient (Wildman–Crippen LogP) is 1.15. The third-order valence-corrected chi connectivity index (χ3v) is 2.98. The van der Waals surface area contributed by atoms with Crippen molar-refractivity contribution in [3.63, 3.8) is 0 Å². The number of hydrogen-bond donors (Lipinski definition) is 0. The van der Waals surface area contributed by atoms with Gasteiger partial charge in [-0.25, -0.2) is 9.48 Å². The molecular weight excluding hydrogens is 232 g/mol. The van der Waals surface area contributed by atoms with E-state index in [0.29, 0.717) is 12.2 Å². The molecule has 0 saturated carbocycles. The summed E-state index contributed by atoms with van der Waals surface area (Å²) in [5, 5.41) is 8.14. The summed E-state index contributed by atoms with van der Waals surface area (Å²) in [6, 6.07) is 5.45. The molecule has 18 heavy (non-hydrogen) atoms. The quantitative estimate of drug-likeness (QED) is 0.678. The van der Waals surface area contributed by atoms with Crippen LogP contribution in [0.1, 0.15) is 17.0 Å². The first-order valence-electron chi connectivity index (χ1n) is 5.63. The monoisotopic (exact) mass is 244 g/mol. The Morgan fingerprint density at radius 2 is 2.17 bits per heavy atom. The van der Waals surface area contributed by atoms with Crippen molar-refractivity contribution in [2.24, 2.45) is 0 Å². The van der Waals surface area contributed by atoms with E-state index >= 15 is 0 Å². The lowest BCUT2D eigenvalue weighted by molar-refractivity contribution is 0.391. The van der Waals surface area contributed by atoms with E-state index in [4.69, 9.17) is 4.52 Å². The molecule has 0 amide bonds. The van der Waals surface area contributed by atoms with Crippen LogP contribution < -0.4 is 5.69 Å². The van der Waals surface area contributed by atoms with E-state index in [0.717, 1.165) is 17.0 Å². The van der Waals surface area contributed by atoms with Crippen molar-refractivity contribution in [1.82, 2.24) is 19.3 Å². The van der Waals surface area contributed by atoms with Crippen molar-refractivity contribution in [2.75, 3.05) is 0 Å². The summed E-state index contributed by atoms with van der Waals surface area (Å²) < 4.78 is 8.01. The second kappa shape index (κ2) is 3.83. The van der Waals surface area contributed by atoms with E-state index in [1.807, 2.05) is 19.9 Å². The van der Waals surface area contributed by atoms with Crippen molar-refractivity contribution in [2.45, 2.75) is 20.4 Å². The Labute approximate surface area is 102 Å². The number of aryl methyl sites for hydroxylation is 2. The summed E-state index contributed by atoms with van der Waals surface area (Å²) in [4.78, 5) is 12.1. The molecule has 3 heterocycles. The fourth-order valence-electron chi connectivity index (χ4n) is 1.95. The third kappa shape index (κ3) is 1.54. The molecule has 0 N–H and O–H groups in total. The number of fused-ring (bicyclic) bond motifs is 1. The van der Waals surface area contributed by atoms with Gasteiger partial charge in [-0.1, -0.05) is 11.2 Å². The van der Waals surface area contributed by atoms with Crippen LogP contribution in [0.15, 0.2) is 33.7 Å². The van der Waals surface area contributed by atoms with E-state index in [-0.39, 0.29) is 5.69 Å². The molecule has 0 aromatic carbocycles. The van der Waals surface area contributed by atoms with E-state index in [9.17, 15) is 4.79 Å². The highest BCUT2D eigenvalue weighted by Gasteiger charge is 2.13. The minimum atomic E-state index is -0.161. The van der Waals surface area contributed by atoms with Crippen LogP contribution >= 0.6 is 0 Å². The molecule has 0 unspecified atom stereocenters. The lowest BCUT2D eigenvalue weighted by Crippen LogP contribution is -2.22. The molecule has 3 aromatic rings. The molecule has 0 atom stereocenters. The normalized spacial score (nSPS) is 11.2. The third-order valence-electron chi connectivity index (χ3n) is 2.98. The highest BCUT2D eigenvalue weighted by Crippen LogP contribution is 2.12. The van der Waals surface area contributed by atoms with E-state index < -0.39 is 0 Å². The molecule has 92 valence electrons. The molecule has 0 fully saturated rings. The Bertz CT molecular complexity index is 746. The van der Waals surface area contributed by atoms with Crippen molar-refractivity contribution >= 4 is 5.65 Å². The first-order chi connectivity index (χ1) is 8.66. The molecule has 6 nitrogen and oxygen atoms in total. The fourth-order valence-corrected chi connectivity index (χ4v) is 1.95. The minimum Gasteiger partial charge on any atom is -0.361 e. The maximum Gasteiger partial charge on any atom is 0.350 e. The first-order valence-corrected chi connectivity index (χ1v) is 5.63. The van der Waals surface area contributed by atoms with Gasteiger partial charge in [-0.15, -0.1) is 5.10 Å². The summed E-state index contributed by atoms with van der Waals surface area (Å²) in [6.45, 7) is 4.06. The number of nitrogens with zero attached hydrogens (tertiary/aromatic N) is 4. The average molecular weight is 244 g/mol. The second-order valence-corrected chi connectivity index (χ2v) is 4.17. The molecule has 0 saturated heterocycles. The fraction of sp³-hybridized carbons (Fsp3) is 0.250. The van der Waals surface area contributed by atoms with Crippen LogP contribution in [0.2, 0.25) is 0 Å². The van der Waals surface area contributed by atoms with Gasteiger partial charge in [-0.2, -0.15) is 0 Å². The second-order valence-electron chi connectivity index (χ2n) is 4.17. The molecule has 0 aliphatic carbocycles. The Morgan fingerprint density at radius 3 is 2.83 bits per heavy atom. The number of rotatable bonds is 2. The molecule has 0 bridgehead atoms. The molecule has 3 aromatic heterocycles. The Morgan fingerprint density at radius 1 is 1.33 bits per heavy atom.